The summed E-state index contributed by atoms with van der Waals surface area (Å²) in [5.41, 5.74) is 1.44. The van der Waals surface area contributed by atoms with E-state index in [2.05, 4.69) is 17.2 Å². The molecule has 11 nitrogen and oxygen atoms in total. The number of esters is 2. The fourth-order valence-corrected chi connectivity index (χ4v) is 8.15. The Morgan fingerprint density at radius 2 is 1.82 bits per heavy atom. The SMILES string of the molecule is C[C@H](O)CNc1cc(CO)cc([C@@H]2C#C[C@H]3CC(=O)Oc4cc(O)c(cc43)C[C@H]([C@@]3(O)CCC[C@H]4CC(=O)CC[C@@H]43)OC(=O)C(=CCO)C2)c1. The van der Waals surface area contributed by atoms with Crippen LogP contribution in [0, 0.1) is 23.7 Å². The van der Waals surface area contributed by atoms with Gasteiger partial charge >= 0.3 is 11.9 Å². The van der Waals surface area contributed by atoms with E-state index in [1.807, 2.05) is 6.07 Å². The van der Waals surface area contributed by atoms with Gasteiger partial charge in [-0.05, 0) is 85.4 Å². The summed E-state index contributed by atoms with van der Waals surface area (Å²) in [7, 11) is 0. The van der Waals surface area contributed by atoms with Gasteiger partial charge < -0.3 is 40.3 Å². The highest BCUT2D eigenvalue weighted by Gasteiger charge is 2.53. The van der Waals surface area contributed by atoms with Crippen LogP contribution in [0.15, 0.2) is 42.0 Å². The van der Waals surface area contributed by atoms with Crippen molar-refractivity contribution in [2.45, 2.75) is 101 Å². The molecule has 11 heteroatoms. The Kier molecular flexibility index (Phi) is 10.6. The van der Waals surface area contributed by atoms with Crippen LogP contribution in [0.3, 0.4) is 0 Å². The van der Waals surface area contributed by atoms with Crippen molar-refractivity contribution < 1.29 is 49.4 Å². The van der Waals surface area contributed by atoms with Crippen molar-refractivity contribution in [2.24, 2.45) is 11.8 Å². The molecule has 0 amide bonds. The Morgan fingerprint density at radius 3 is 2.58 bits per heavy atom. The summed E-state index contributed by atoms with van der Waals surface area (Å²) in [5.74, 6) is 3.74. The summed E-state index contributed by atoms with van der Waals surface area (Å²) in [4.78, 5) is 39.3. The molecule has 50 heavy (non-hydrogen) atoms. The molecule has 0 saturated heterocycles. The van der Waals surface area contributed by atoms with Gasteiger partial charge in [-0.2, -0.15) is 0 Å². The number of cyclic esters (lactones) is 1. The number of hydrogen-bond acceptors (Lipinski definition) is 11. The monoisotopic (exact) mass is 687 g/mol. The summed E-state index contributed by atoms with van der Waals surface area (Å²) in [6.45, 7) is 1.15. The summed E-state index contributed by atoms with van der Waals surface area (Å²) >= 11 is 0. The average molecular weight is 688 g/mol. The number of aliphatic hydroxyl groups is 4. The van der Waals surface area contributed by atoms with Crippen LogP contribution >= 0.6 is 0 Å². The molecule has 2 bridgehead atoms. The number of phenols is 1. The predicted molar refractivity (Wildman–Crippen MR) is 182 cm³/mol. The minimum atomic E-state index is -1.49. The van der Waals surface area contributed by atoms with E-state index in [-0.39, 0.29) is 67.1 Å². The molecule has 2 aromatic carbocycles. The molecule has 2 aliphatic carbocycles. The van der Waals surface area contributed by atoms with Gasteiger partial charge in [0.2, 0.25) is 0 Å². The van der Waals surface area contributed by atoms with Gasteiger partial charge in [-0.25, -0.2) is 4.79 Å². The van der Waals surface area contributed by atoms with Crippen molar-refractivity contribution in [3.63, 3.8) is 0 Å². The second kappa shape index (κ2) is 15.0. The van der Waals surface area contributed by atoms with Crippen LogP contribution in [0.5, 0.6) is 11.5 Å². The van der Waals surface area contributed by atoms with Crippen LogP contribution in [0.25, 0.3) is 0 Å². The molecule has 2 aromatic rings. The van der Waals surface area contributed by atoms with E-state index in [9.17, 15) is 39.9 Å². The minimum Gasteiger partial charge on any atom is -0.508 e. The van der Waals surface area contributed by atoms with Crippen molar-refractivity contribution >= 4 is 23.4 Å². The zero-order chi connectivity index (χ0) is 35.6. The molecular formula is C39H45NO10. The zero-order valence-electron chi connectivity index (χ0n) is 28.2. The maximum Gasteiger partial charge on any atom is 0.334 e. The molecular weight excluding hydrogens is 642 g/mol. The third kappa shape index (κ3) is 7.59. The number of aliphatic hydroxyl groups excluding tert-OH is 3. The van der Waals surface area contributed by atoms with Gasteiger partial charge in [-0.3, -0.25) is 9.59 Å². The Bertz CT molecular complexity index is 1740. The third-order valence-electron chi connectivity index (χ3n) is 10.6. The molecule has 2 fully saturated rings. The predicted octanol–water partition coefficient (Wildman–Crippen LogP) is 3.53. The van der Waals surface area contributed by atoms with Crippen molar-refractivity contribution in [2.75, 3.05) is 18.5 Å². The van der Waals surface area contributed by atoms with Gasteiger partial charge in [0.1, 0.15) is 29.0 Å². The first-order chi connectivity index (χ1) is 24.0. The average Bonchev–Trinajstić information content (AvgIpc) is 3.08. The Balaban J connectivity index is 1.48. The van der Waals surface area contributed by atoms with E-state index in [1.165, 1.54) is 12.1 Å². The lowest BCUT2D eigenvalue weighted by atomic mass is 9.60. The molecule has 0 aromatic heterocycles. The summed E-state index contributed by atoms with van der Waals surface area (Å²) < 4.78 is 11.8. The number of rotatable bonds is 7. The van der Waals surface area contributed by atoms with Gasteiger partial charge in [0.25, 0.3) is 0 Å². The number of benzene rings is 2. The Hall–Kier alpha value is -4.21. The number of aromatic hydroxyl groups is 1. The van der Waals surface area contributed by atoms with Crippen molar-refractivity contribution in [3.05, 3.63) is 64.2 Å². The van der Waals surface area contributed by atoms with Crippen LogP contribution in [-0.4, -0.2) is 74.2 Å². The number of carbonyl (C=O) groups excluding carboxylic acids is 3. The number of carbonyl (C=O) groups is 3. The zero-order valence-corrected chi connectivity index (χ0v) is 28.2. The van der Waals surface area contributed by atoms with E-state index in [1.54, 1.807) is 25.1 Å². The lowest BCUT2D eigenvalue weighted by Crippen LogP contribution is -2.57. The first-order valence-electron chi connectivity index (χ1n) is 17.5. The first kappa shape index (κ1) is 35.6. The molecule has 7 atom stereocenters. The number of phenolic OH excluding ortho intramolecular Hbond substituents is 1. The molecule has 2 heterocycles. The van der Waals surface area contributed by atoms with Gasteiger partial charge in [-0.15, -0.1) is 0 Å². The number of ether oxygens (including phenoxy) is 2. The van der Waals surface area contributed by atoms with E-state index < -0.39 is 48.2 Å². The van der Waals surface area contributed by atoms with E-state index in [4.69, 9.17) is 9.47 Å². The van der Waals surface area contributed by atoms with E-state index in [0.29, 0.717) is 60.0 Å². The van der Waals surface area contributed by atoms with Gasteiger partial charge in [-0.1, -0.05) is 24.3 Å². The highest BCUT2D eigenvalue weighted by atomic mass is 16.6. The second-order valence-electron chi connectivity index (χ2n) is 14.2. The number of fused-ring (bicyclic) bond motifs is 2. The second-order valence-corrected chi connectivity index (χ2v) is 14.2. The van der Waals surface area contributed by atoms with Crippen LogP contribution in [-0.2, 0) is 32.1 Å². The fourth-order valence-electron chi connectivity index (χ4n) is 8.15. The number of ketones is 1. The summed E-state index contributed by atoms with van der Waals surface area (Å²) in [5, 5.41) is 56.9. The standard InChI is InChI=1S/C39H45NO10/c1-22(43)20-40-30-12-23(21-42)11-28(14-30)24-4-5-25-18-37(46)49-35-19-34(45)29(16-32(25)35)17-36(50-38(47)27(13-24)8-10-41)39(48)9-2-3-26-15-31(44)6-7-33(26)39/h8,11-12,14,16,19,22,24-26,33,36,40-43,45,48H,2-3,6-7,9-10,13,15,17-18,20-21H2,1H3/t22-,24+,25-,26-,33-,36+,39+/m0/s1. The molecule has 6 rings (SSSR count). The topological polar surface area (TPSA) is 183 Å². The molecule has 2 aliphatic heterocycles. The van der Waals surface area contributed by atoms with Gasteiger partial charge in [0.15, 0.2) is 0 Å². The normalized spacial score (nSPS) is 29.6. The molecule has 0 unspecified atom stereocenters. The number of hydrogen-bond donors (Lipinski definition) is 6. The highest BCUT2D eigenvalue weighted by Crippen LogP contribution is 2.49. The lowest BCUT2D eigenvalue weighted by Gasteiger charge is -2.50. The molecule has 6 N–H and O–H groups in total. The minimum absolute atomic E-state index is 0.00429. The molecule has 266 valence electrons. The molecule has 4 aliphatic rings. The van der Waals surface area contributed by atoms with Crippen LogP contribution < -0.4 is 10.1 Å². The summed E-state index contributed by atoms with van der Waals surface area (Å²) in [6, 6.07) is 8.40. The maximum absolute atomic E-state index is 14.2. The Morgan fingerprint density at radius 1 is 1.02 bits per heavy atom. The molecule has 2 saturated carbocycles. The van der Waals surface area contributed by atoms with Gasteiger partial charge in [0.05, 0.1) is 31.7 Å². The largest absolute Gasteiger partial charge is 0.508 e. The highest BCUT2D eigenvalue weighted by molar-refractivity contribution is 5.89. The van der Waals surface area contributed by atoms with E-state index >= 15 is 0 Å². The van der Waals surface area contributed by atoms with Crippen LogP contribution in [0.2, 0.25) is 0 Å². The molecule has 0 radical (unpaired) electrons. The quantitative estimate of drug-likeness (QED) is 0.108. The van der Waals surface area contributed by atoms with Gasteiger partial charge in [0, 0.05) is 54.6 Å². The first-order valence-corrected chi connectivity index (χ1v) is 17.5. The van der Waals surface area contributed by atoms with Crippen molar-refractivity contribution in [1.82, 2.24) is 0 Å². The number of Topliss-reactive ketones (excluding diaryl/α,β-unsaturated/α-hetero) is 1. The number of nitrogens with one attached hydrogen (secondary N) is 1. The van der Waals surface area contributed by atoms with E-state index in [0.717, 1.165) is 6.42 Å². The fraction of sp³-hybridized carbons (Fsp3) is 0.513. The summed E-state index contributed by atoms with van der Waals surface area (Å²) in [6.07, 6.45) is 2.43. The third-order valence-corrected chi connectivity index (χ3v) is 10.6. The van der Waals surface area contributed by atoms with Crippen molar-refractivity contribution in [1.29, 1.82) is 0 Å². The number of anilines is 1. The maximum atomic E-state index is 14.2. The molecule has 0 spiro atoms. The Labute approximate surface area is 291 Å². The van der Waals surface area contributed by atoms with Crippen LogP contribution in [0.4, 0.5) is 5.69 Å². The lowest BCUT2D eigenvalue weighted by molar-refractivity contribution is -0.187. The smallest absolute Gasteiger partial charge is 0.334 e. The van der Waals surface area contributed by atoms with Crippen LogP contribution in [0.1, 0.15) is 92.4 Å². The van der Waals surface area contributed by atoms with Crippen molar-refractivity contribution in [3.8, 4) is 23.3 Å².